The van der Waals surface area contributed by atoms with Crippen LogP contribution in [0.3, 0.4) is 0 Å². The van der Waals surface area contributed by atoms with Crippen molar-refractivity contribution in [1.82, 2.24) is 10.6 Å². The molecule has 4 unspecified atom stereocenters. The van der Waals surface area contributed by atoms with Crippen molar-refractivity contribution in [1.29, 1.82) is 0 Å². The molecular weight excluding hydrogens is 266 g/mol. The lowest BCUT2D eigenvalue weighted by molar-refractivity contribution is -0.143. The highest BCUT2D eigenvalue weighted by Crippen LogP contribution is 2.07. The van der Waals surface area contributed by atoms with Gasteiger partial charge < -0.3 is 26.6 Å². The first-order valence-corrected chi connectivity index (χ1v) is 6.44. The Balaban J connectivity index is 4.35. The molecule has 0 aromatic carbocycles. The van der Waals surface area contributed by atoms with Gasteiger partial charge >= 0.3 is 5.97 Å². The van der Waals surface area contributed by atoms with Crippen molar-refractivity contribution in [2.24, 2.45) is 11.7 Å². The summed E-state index contributed by atoms with van der Waals surface area (Å²) in [6.07, 6.45) is -0.443. The molecule has 0 heterocycles. The highest BCUT2D eigenvalue weighted by Gasteiger charge is 2.26. The van der Waals surface area contributed by atoms with Crippen LogP contribution in [-0.4, -0.2) is 52.7 Å². The zero-order valence-corrected chi connectivity index (χ0v) is 11.9. The van der Waals surface area contributed by atoms with Gasteiger partial charge in [0.15, 0.2) is 0 Å². The van der Waals surface area contributed by atoms with Gasteiger partial charge in [0, 0.05) is 0 Å². The molecule has 0 aromatic heterocycles. The van der Waals surface area contributed by atoms with E-state index in [9.17, 15) is 14.4 Å². The highest BCUT2D eigenvalue weighted by molar-refractivity contribution is 5.89. The molecule has 0 fully saturated rings. The Kier molecular flexibility index (Phi) is 7.78. The van der Waals surface area contributed by atoms with Crippen LogP contribution in [-0.2, 0) is 14.4 Å². The molecule has 0 bridgehead atoms. The molecule has 0 aromatic rings. The van der Waals surface area contributed by atoms with Gasteiger partial charge in [0.05, 0.1) is 12.6 Å². The Hall–Kier alpha value is -1.67. The molecule has 20 heavy (non-hydrogen) atoms. The summed E-state index contributed by atoms with van der Waals surface area (Å²) in [4.78, 5) is 34.0. The van der Waals surface area contributed by atoms with Crippen LogP contribution in [0.25, 0.3) is 0 Å². The van der Waals surface area contributed by atoms with E-state index in [1.807, 2.05) is 6.92 Å². The maximum Gasteiger partial charge on any atom is 0.326 e. The van der Waals surface area contributed by atoms with E-state index >= 15 is 0 Å². The van der Waals surface area contributed by atoms with Gasteiger partial charge in [-0.25, -0.2) is 4.79 Å². The van der Waals surface area contributed by atoms with Crippen LogP contribution in [0, 0.1) is 5.92 Å². The number of carbonyl (C=O) groups is 3. The average Bonchev–Trinajstić information content (AvgIpc) is 2.39. The number of aliphatic hydroxyl groups excluding tert-OH is 1. The normalized spacial score (nSPS) is 16.6. The Bertz CT molecular complexity index is 359. The summed E-state index contributed by atoms with van der Waals surface area (Å²) in [7, 11) is 0. The predicted molar refractivity (Wildman–Crippen MR) is 71.7 cm³/mol. The number of amides is 2. The van der Waals surface area contributed by atoms with Gasteiger partial charge in [-0.15, -0.1) is 0 Å². The van der Waals surface area contributed by atoms with Gasteiger partial charge in [-0.05, 0) is 12.8 Å². The molecule has 0 aliphatic carbocycles. The maximum atomic E-state index is 11.6. The monoisotopic (exact) mass is 289 g/mol. The Morgan fingerprint density at radius 3 is 2.20 bits per heavy atom. The first-order chi connectivity index (χ1) is 9.20. The minimum Gasteiger partial charge on any atom is -0.480 e. The number of hydrogen-bond donors (Lipinski definition) is 5. The van der Waals surface area contributed by atoms with Crippen LogP contribution in [0.15, 0.2) is 0 Å². The highest BCUT2D eigenvalue weighted by atomic mass is 16.4. The average molecular weight is 289 g/mol. The third kappa shape index (κ3) is 5.98. The van der Waals surface area contributed by atoms with Gasteiger partial charge in [-0.1, -0.05) is 20.3 Å². The topological polar surface area (TPSA) is 142 Å². The van der Waals surface area contributed by atoms with Crippen molar-refractivity contribution in [3.8, 4) is 0 Å². The minimum atomic E-state index is -1.13. The molecule has 0 saturated heterocycles. The van der Waals surface area contributed by atoms with Crippen molar-refractivity contribution < 1.29 is 24.6 Å². The number of nitrogens with one attached hydrogen (secondary N) is 2. The van der Waals surface area contributed by atoms with Crippen LogP contribution in [0.1, 0.15) is 27.2 Å². The first-order valence-electron chi connectivity index (χ1n) is 6.44. The van der Waals surface area contributed by atoms with E-state index in [-0.39, 0.29) is 12.5 Å². The van der Waals surface area contributed by atoms with Gasteiger partial charge in [0.1, 0.15) is 12.1 Å². The minimum absolute atomic E-state index is 0.230. The van der Waals surface area contributed by atoms with Crippen LogP contribution in [0.5, 0.6) is 0 Å². The van der Waals surface area contributed by atoms with Gasteiger partial charge in [0.2, 0.25) is 11.8 Å². The molecule has 0 radical (unpaired) electrons. The molecule has 116 valence electrons. The van der Waals surface area contributed by atoms with Crippen LogP contribution < -0.4 is 16.4 Å². The fourth-order valence-corrected chi connectivity index (χ4v) is 1.41. The third-order valence-corrected chi connectivity index (χ3v) is 3.04. The zero-order chi connectivity index (χ0) is 15.9. The number of rotatable bonds is 8. The fraction of sp³-hybridized carbons (Fsp3) is 0.750. The Morgan fingerprint density at radius 1 is 1.25 bits per heavy atom. The van der Waals surface area contributed by atoms with Gasteiger partial charge in [-0.2, -0.15) is 0 Å². The Labute approximate surface area is 117 Å². The summed E-state index contributed by atoms with van der Waals surface area (Å²) in [5.41, 5.74) is 5.38. The standard InChI is InChI=1S/C12H23N3O5/c1-4-6(2)10(12(19)20)15-8(17)5-14-11(18)9(13)7(3)16/h6-7,9-10,16H,4-5,13H2,1-3H3,(H,14,18)(H,15,17)(H,19,20). The number of nitrogens with two attached hydrogens (primary N) is 1. The van der Waals surface area contributed by atoms with E-state index in [0.717, 1.165) is 0 Å². The van der Waals surface area contributed by atoms with Gasteiger partial charge in [0.25, 0.3) is 0 Å². The van der Waals surface area contributed by atoms with Crippen LogP contribution in [0.2, 0.25) is 0 Å². The molecule has 4 atom stereocenters. The Morgan fingerprint density at radius 2 is 1.80 bits per heavy atom. The lowest BCUT2D eigenvalue weighted by Gasteiger charge is -2.20. The fourth-order valence-electron chi connectivity index (χ4n) is 1.41. The molecule has 2 amide bonds. The number of carboxylic acid groups (broad SMARTS) is 1. The van der Waals surface area contributed by atoms with E-state index in [4.69, 9.17) is 15.9 Å². The molecular formula is C12H23N3O5. The summed E-state index contributed by atoms with van der Waals surface area (Å²) < 4.78 is 0. The van der Waals surface area contributed by atoms with Crippen molar-refractivity contribution in [3.63, 3.8) is 0 Å². The summed E-state index contributed by atoms with van der Waals surface area (Å²) in [5, 5.41) is 22.7. The zero-order valence-electron chi connectivity index (χ0n) is 11.9. The quantitative estimate of drug-likeness (QED) is 0.365. The molecule has 0 saturated carbocycles. The third-order valence-electron chi connectivity index (χ3n) is 3.04. The predicted octanol–water partition coefficient (Wildman–Crippen LogP) is -1.57. The molecule has 0 aliphatic rings. The first kappa shape index (κ1) is 18.3. The lowest BCUT2D eigenvalue weighted by atomic mass is 9.99. The van der Waals surface area contributed by atoms with Crippen LogP contribution in [0.4, 0.5) is 0 Å². The number of hydrogen-bond acceptors (Lipinski definition) is 5. The summed E-state index contributed by atoms with van der Waals surface area (Å²) >= 11 is 0. The lowest BCUT2D eigenvalue weighted by Crippen LogP contribution is -2.52. The van der Waals surface area contributed by atoms with Gasteiger partial charge in [-0.3, -0.25) is 9.59 Å². The van der Waals surface area contributed by atoms with Crippen molar-refractivity contribution in [3.05, 3.63) is 0 Å². The van der Waals surface area contributed by atoms with E-state index in [1.165, 1.54) is 6.92 Å². The molecule has 8 heteroatoms. The van der Waals surface area contributed by atoms with Crippen LogP contribution >= 0.6 is 0 Å². The molecule has 6 N–H and O–H groups in total. The summed E-state index contributed by atoms with van der Waals surface area (Å²) in [6, 6.07) is -2.14. The second kappa shape index (κ2) is 8.49. The van der Waals surface area contributed by atoms with E-state index in [2.05, 4.69) is 10.6 Å². The number of carbonyl (C=O) groups excluding carboxylic acids is 2. The van der Waals surface area contributed by atoms with E-state index < -0.39 is 36.0 Å². The van der Waals surface area contributed by atoms with E-state index in [0.29, 0.717) is 6.42 Å². The van der Waals surface area contributed by atoms with Crippen molar-refractivity contribution in [2.75, 3.05) is 6.54 Å². The van der Waals surface area contributed by atoms with Crippen molar-refractivity contribution in [2.45, 2.75) is 45.4 Å². The number of aliphatic carboxylic acids is 1. The molecule has 0 spiro atoms. The second-order valence-corrected chi connectivity index (χ2v) is 4.75. The summed E-state index contributed by atoms with van der Waals surface area (Å²) in [5.74, 6) is -2.65. The van der Waals surface area contributed by atoms with Crippen molar-refractivity contribution >= 4 is 17.8 Å². The largest absolute Gasteiger partial charge is 0.480 e. The molecule has 0 aliphatic heterocycles. The number of aliphatic hydroxyl groups is 1. The second-order valence-electron chi connectivity index (χ2n) is 4.75. The smallest absolute Gasteiger partial charge is 0.326 e. The molecule has 8 nitrogen and oxygen atoms in total. The molecule has 0 rings (SSSR count). The maximum absolute atomic E-state index is 11.6. The summed E-state index contributed by atoms with van der Waals surface area (Å²) in [6.45, 7) is 4.49. The van der Waals surface area contributed by atoms with E-state index in [1.54, 1.807) is 6.92 Å². The SMILES string of the molecule is CCC(C)C(NC(=O)CNC(=O)C(N)C(C)O)C(=O)O. The number of carboxylic acids is 1.